The van der Waals surface area contributed by atoms with Crippen LogP contribution in [0.25, 0.3) is 0 Å². The Kier molecular flexibility index (Phi) is 6.23. The van der Waals surface area contributed by atoms with Gasteiger partial charge in [-0.05, 0) is 43.7 Å². The Morgan fingerprint density at radius 3 is 2.58 bits per heavy atom. The molecular weight excluding hydrogens is 306 g/mol. The van der Waals surface area contributed by atoms with Crippen LogP contribution in [0.3, 0.4) is 0 Å². The van der Waals surface area contributed by atoms with Crippen molar-refractivity contribution in [3.8, 4) is 5.75 Å². The monoisotopic (exact) mass is 333 g/mol. The molecule has 2 atom stereocenters. The lowest BCUT2D eigenvalue weighted by Crippen LogP contribution is -2.43. The van der Waals surface area contributed by atoms with E-state index in [-0.39, 0.29) is 5.91 Å². The van der Waals surface area contributed by atoms with Crippen LogP contribution in [0.2, 0.25) is 0 Å². The standard InChI is InChI=1S/C19H27NO4/c1-12(2)8-9-24-17-10-13(3)4-5-14(17)11-20-18(21)15-6-7-16(15)19(22)23/h4-5,10,12,15-16H,6-9,11H2,1-3H3,(H,20,21)(H,22,23). The first-order valence-corrected chi connectivity index (χ1v) is 8.61. The Hall–Kier alpha value is -2.04. The van der Waals surface area contributed by atoms with Gasteiger partial charge in [-0.25, -0.2) is 0 Å². The van der Waals surface area contributed by atoms with Crippen LogP contribution in [0.15, 0.2) is 18.2 Å². The molecule has 0 radical (unpaired) electrons. The Morgan fingerprint density at radius 2 is 2.00 bits per heavy atom. The summed E-state index contributed by atoms with van der Waals surface area (Å²) in [6.07, 6.45) is 2.21. The summed E-state index contributed by atoms with van der Waals surface area (Å²) >= 11 is 0. The normalized spacial score (nSPS) is 19.7. The minimum atomic E-state index is -0.880. The quantitative estimate of drug-likeness (QED) is 0.766. The molecule has 0 saturated heterocycles. The van der Waals surface area contributed by atoms with Crippen molar-refractivity contribution in [2.45, 2.75) is 46.6 Å². The Bertz CT molecular complexity index is 597. The number of carboxylic acid groups (broad SMARTS) is 1. The van der Waals surface area contributed by atoms with E-state index in [4.69, 9.17) is 9.84 Å². The highest BCUT2D eigenvalue weighted by molar-refractivity contribution is 5.86. The number of nitrogens with one attached hydrogen (secondary N) is 1. The van der Waals surface area contributed by atoms with Crippen LogP contribution in [0.1, 0.15) is 44.2 Å². The maximum Gasteiger partial charge on any atom is 0.307 e. The van der Waals surface area contributed by atoms with Crippen molar-refractivity contribution >= 4 is 11.9 Å². The highest BCUT2D eigenvalue weighted by Gasteiger charge is 2.41. The maximum absolute atomic E-state index is 12.2. The fraction of sp³-hybridized carbons (Fsp3) is 0.579. The summed E-state index contributed by atoms with van der Waals surface area (Å²) in [5.74, 6) is -0.635. The third kappa shape index (κ3) is 4.73. The lowest BCUT2D eigenvalue weighted by atomic mass is 9.73. The summed E-state index contributed by atoms with van der Waals surface area (Å²) in [5.41, 5.74) is 2.03. The van der Waals surface area contributed by atoms with Crippen LogP contribution < -0.4 is 10.1 Å². The highest BCUT2D eigenvalue weighted by Crippen LogP contribution is 2.34. The molecule has 1 aromatic rings. The van der Waals surface area contributed by atoms with E-state index in [2.05, 4.69) is 19.2 Å². The topological polar surface area (TPSA) is 75.6 Å². The maximum atomic E-state index is 12.2. The predicted octanol–water partition coefficient (Wildman–Crippen LogP) is 3.15. The number of hydrogen-bond acceptors (Lipinski definition) is 3. The molecule has 132 valence electrons. The zero-order valence-electron chi connectivity index (χ0n) is 14.7. The van der Waals surface area contributed by atoms with Gasteiger partial charge in [0.25, 0.3) is 0 Å². The first-order valence-electron chi connectivity index (χ1n) is 8.61. The van der Waals surface area contributed by atoms with Crippen molar-refractivity contribution in [1.29, 1.82) is 0 Å². The number of carbonyl (C=O) groups is 2. The molecule has 0 aliphatic heterocycles. The minimum Gasteiger partial charge on any atom is -0.493 e. The van der Waals surface area contributed by atoms with Crippen molar-refractivity contribution in [3.05, 3.63) is 29.3 Å². The molecule has 1 aliphatic rings. The summed E-state index contributed by atoms with van der Waals surface area (Å²) in [7, 11) is 0. The first-order chi connectivity index (χ1) is 11.4. The third-order valence-electron chi connectivity index (χ3n) is 4.56. The molecule has 0 spiro atoms. The van der Waals surface area contributed by atoms with E-state index in [1.807, 2.05) is 25.1 Å². The van der Waals surface area contributed by atoms with E-state index in [9.17, 15) is 9.59 Å². The van der Waals surface area contributed by atoms with Gasteiger partial charge in [0.15, 0.2) is 0 Å². The smallest absolute Gasteiger partial charge is 0.307 e. The van der Waals surface area contributed by atoms with Gasteiger partial charge in [0, 0.05) is 12.1 Å². The van der Waals surface area contributed by atoms with Crippen molar-refractivity contribution < 1.29 is 19.4 Å². The van der Waals surface area contributed by atoms with Crippen LogP contribution in [-0.4, -0.2) is 23.6 Å². The second kappa shape index (κ2) is 8.18. The van der Waals surface area contributed by atoms with Gasteiger partial charge >= 0.3 is 5.97 Å². The number of amides is 1. The molecule has 2 N–H and O–H groups in total. The molecule has 1 amide bonds. The number of carboxylic acids is 1. The molecular formula is C19H27NO4. The van der Waals surface area contributed by atoms with Crippen LogP contribution in [-0.2, 0) is 16.1 Å². The molecule has 5 heteroatoms. The zero-order valence-corrected chi connectivity index (χ0v) is 14.7. The lowest BCUT2D eigenvalue weighted by Gasteiger charge is -2.32. The number of benzene rings is 1. The first kappa shape index (κ1) is 18.3. The van der Waals surface area contributed by atoms with Crippen LogP contribution in [0, 0.1) is 24.7 Å². The fourth-order valence-electron chi connectivity index (χ4n) is 2.77. The van der Waals surface area contributed by atoms with E-state index in [0.717, 1.165) is 23.3 Å². The van der Waals surface area contributed by atoms with Gasteiger partial charge in [0.1, 0.15) is 5.75 Å². The average molecular weight is 333 g/mol. The molecule has 0 heterocycles. The number of carbonyl (C=O) groups excluding carboxylic acids is 1. The number of hydrogen-bond donors (Lipinski definition) is 2. The third-order valence-corrected chi connectivity index (χ3v) is 4.56. The van der Waals surface area contributed by atoms with Gasteiger partial charge in [-0.15, -0.1) is 0 Å². The summed E-state index contributed by atoms with van der Waals surface area (Å²) in [6, 6.07) is 5.92. The van der Waals surface area contributed by atoms with Crippen molar-refractivity contribution in [1.82, 2.24) is 5.32 Å². The molecule has 2 rings (SSSR count). The van der Waals surface area contributed by atoms with Crippen LogP contribution in [0.5, 0.6) is 5.75 Å². The van der Waals surface area contributed by atoms with Crippen molar-refractivity contribution in [3.63, 3.8) is 0 Å². The van der Waals surface area contributed by atoms with Gasteiger partial charge < -0.3 is 15.2 Å². The van der Waals surface area contributed by atoms with Gasteiger partial charge in [-0.2, -0.15) is 0 Å². The zero-order chi connectivity index (χ0) is 17.7. The SMILES string of the molecule is Cc1ccc(CNC(=O)C2CCC2C(=O)O)c(OCCC(C)C)c1. The molecule has 0 aromatic heterocycles. The second-order valence-electron chi connectivity index (χ2n) is 6.99. The Balaban J connectivity index is 1.94. The number of aryl methyl sites for hydroxylation is 1. The molecule has 2 unspecified atom stereocenters. The van der Waals surface area contributed by atoms with Gasteiger partial charge in [-0.1, -0.05) is 26.0 Å². The predicted molar refractivity (Wildman–Crippen MR) is 91.8 cm³/mol. The largest absolute Gasteiger partial charge is 0.493 e. The molecule has 1 saturated carbocycles. The van der Waals surface area contributed by atoms with E-state index in [0.29, 0.717) is 31.9 Å². The van der Waals surface area contributed by atoms with Gasteiger partial charge in [0.05, 0.1) is 18.4 Å². The van der Waals surface area contributed by atoms with Crippen molar-refractivity contribution in [2.24, 2.45) is 17.8 Å². The lowest BCUT2D eigenvalue weighted by molar-refractivity contribution is -0.152. The van der Waals surface area contributed by atoms with E-state index >= 15 is 0 Å². The Morgan fingerprint density at radius 1 is 1.29 bits per heavy atom. The van der Waals surface area contributed by atoms with Gasteiger partial charge in [0.2, 0.25) is 5.91 Å². The molecule has 1 aromatic carbocycles. The molecule has 24 heavy (non-hydrogen) atoms. The summed E-state index contributed by atoms with van der Waals surface area (Å²) in [6.45, 7) is 7.31. The van der Waals surface area contributed by atoms with E-state index in [1.54, 1.807) is 0 Å². The number of ether oxygens (including phenoxy) is 1. The highest BCUT2D eigenvalue weighted by atomic mass is 16.5. The molecule has 1 fully saturated rings. The second-order valence-corrected chi connectivity index (χ2v) is 6.99. The average Bonchev–Trinajstić information content (AvgIpc) is 2.44. The van der Waals surface area contributed by atoms with Crippen LogP contribution >= 0.6 is 0 Å². The number of rotatable bonds is 8. The molecule has 0 bridgehead atoms. The van der Waals surface area contributed by atoms with E-state index < -0.39 is 17.8 Å². The minimum absolute atomic E-state index is 0.178. The van der Waals surface area contributed by atoms with E-state index in [1.165, 1.54) is 0 Å². The summed E-state index contributed by atoms with van der Waals surface area (Å²) < 4.78 is 5.88. The molecule has 1 aliphatic carbocycles. The Labute approximate surface area is 143 Å². The summed E-state index contributed by atoms with van der Waals surface area (Å²) in [5, 5.41) is 11.9. The fourth-order valence-corrected chi connectivity index (χ4v) is 2.77. The summed E-state index contributed by atoms with van der Waals surface area (Å²) in [4.78, 5) is 23.2. The van der Waals surface area contributed by atoms with Crippen LogP contribution in [0.4, 0.5) is 0 Å². The number of aliphatic carboxylic acids is 1. The van der Waals surface area contributed by atoms with Gasteiger partial charge in [-0.3, -0.25) is 9.59 Å². The molecule has 5 nitrogen and oxygen atoms in total. The van der Waals surface area contributed by atoms with Crippen molar-refractivity contribution in [2.75, 3.05) is 6.61 Å².